The van der Waals surface area contributed by atoms with Gasteiger partial charge in [0.05, 0.1) is 11.4 Å². The molecular weight excluding hydrogens is 313 g/mol. The fraction of sp³-hybridized carbons (Fsp3) is 0.308. The highest BCUT2D eigenvalue weighted by molar-refractivity contribution is 7.93. The van der Waals surface area contributed by atoms with E-state index < -0.39 is 20.7 Å². The van der Waals surface area contributed by atoms with E-state index in [-0.39, 0.29) is 10.8 Å². The minimum Gasteiger partial charge on any atom is -0.398 e. The van der Waals surface area contributed by atoms with Crippen molar-refractivity contribution in [2.75, 3.05) is 10.5 Å². The molecule has 2 aromatic rings. The Morgan fingerprint density at radius 3 is 2.76 bits per heavy atom. The van der Waals surface area contributed by atoms with Gasteiger partial charge < -0.3 is 5.73 Å². The predicted molar refractivity (Wildman–Crippen MR) is 80.4 cm³/mol. The number of aromatic nitrogens is 1. The van der Waals surface area contributed by atoms with Crippen LogP contribution in [0.1, 0.15) is 23.4 Å². The second-order valence-corrected chi connectivity index (χ2v) is 7.56. The summed E-state index contributed by atoms with van der Waals surface area (Å²) in [5, 5.41) is 0.268. The minimum atomic E-state index is -4.08. The number of anilines is 2. The molecule has 0 aliphatic heterocycles. The third kappa shape index (κ3) is 2.73. The lowest BCUT2D eigenvalue weighted by Crippen LogP contribution is -2.16. The van der Waals surface area contributed by atoms with Gasteiger partial charge in [-0.15, -0.1) is 11.3 Å². The molecule has 0 radical (unpaired) electrons. The van der Waals surface area contributed by atoms with Crippen LogP contribution in [0.5, 0.6) is 0 Å². The summed E-state index contributed by atoms with van der Waals surface area (Å²) in [5.74, 6) is -0.871. The molecule has 0 atom stereocenters. The maximum atomic E-state index is 13.8. The summed E-state index contributed by atoms with van der Waals surface area (Å²) in [7, 11) is -4.08. The summed E-state index contributed by atoms with van der Waals surface area (Å²) in [6.45, 7) is 0. The zero-order valence-corrected chi connectivity index (χ0v) is 12.7. The van der Waals surface area contributed by atoms with Gasteiger partial charge in [-0.3, -0.25) is 4.72 Å². The Kier molecular flexibility index (Phi) is 3.58. The monoisotopic (exact) mass is 327 g/mol. The highest BCUT2D eigenvalue weighted by atomic mass is 32.2. The fourth-order valence-electron chi connectivity index (χ4n) is 2.37. The first kappa shape index (κ1) is 14.3. The van der Waals surface area contributed by atoms with Crippen molar-refractivity contribution in [3.05, 3.63) is 34.6 Å². The third-order valence-electron chi connectivity index (χ3n) is 3.33. The topological polar surface area (TPSA) is 85.1 Å². The van der Waals surface area contributed by atoms with Gasteiger partial charge >= 0.3 is 0 Å². The molecule has 0 bridgehead atoms. The maximum Gasteiger partial charge on any atom is 0.268 e. The van der Waals surface area contributed by atoms with E-state index in [4.69, 9.17) is 5.73 Å². The lowest BCUT2D eigenvalue weighted by molar-refractivity contribution is 0.572. The zero-order chi connectivity index (χ0) is 15.0. The number of fused-ring (bicyclic) bond motifs is 1. The molecule has 1 aliphatic carbocycles. The van der Waals surface area contributed by atoms with Gasteiger partial charge in [-0.1, -0.05) is 6.07 Å². The van der Waals surface area contributed by atoms with Gasteiger partial charge in [-0.05, 0) is 37.8 Å². The Balaban J connectivity index is 1.95. The van der Waals surface area contributed by atoms with Crippen molar-refractivity contribution >= 4 is 32.2 Å². The maximum absolute atomic E-state index is 13.8. The van der Waals surface area contributed by atoms with Crippen LogP contribution in [-0.2, 0) is 22.9 Å². The van der Waals surface area contributed by atoms with E-state index in [1.807, 2.05) is 0 Å². The number of benzene rings is 1. The molecule has 0 saturated carbocycles. The number of hydrogen-bond acceptors (Lipinski definition) is 5. The molecule has 0 unspecified atom stereocenters. The van der Waals surface area contributed by atoms with Crippen molar-refractivity contribution in [2.24, 2.45) is 0 Å². The van der Waals surface area contributed by atoms with Gasteiger partial charge in [-0.25, -0.2) is 17.8 Å². The fourth-order valence-corrected chi connectivity index (χ4v) is 4.85. The number of hydrogen-bond donors (Lipinski definition) is 2. The van der Waals surface area contributed by atoms with Gasteiger partial charge in [0.1, 0.15) is 10.7 Å². The number of nitrogens with one attached hydrogen (secondary N) is 1. The molecule has 3 N–H and O–H groups in total. The minimum absolute atomic E-state index is 0.121. The van der Waals surface area contributed by atoms with Crippen LogP contribution in [0.15, 0.2) is 23.1 Å². The first-order chi connectivity index (χ1) is 9.97. The second-order valence-electron chi connectivity index (χ2n) is 4.86. The van der Waals surface area contributed by atoms with Gasteiger partial charge in [0.15, 0.2) is 5.13 Å². The Labute approximate surface area is 126 Å². The van der Waals surface area contributed by atoms with Crippen LogP contribution in [-0.4, -0.2) is 13.4 Å². The second kappa shape index (κ2) is 5.27. The van der Waals surface area contributed by atoms with E-state index in [0.29, 0.717) is 0 Å². The SMILES string of the molecule is Nc1cccc(F)c1S(=O)(=O)Nc1nc2c(s1)CCCC2. The van der Waals surface area contributed by atoms with E-state index >= 15 is 0 Å². The molecule has 8 heteroatoms. The van der Waals surface area contributed by atoms with Gasteiger partial charge in [0.2, 0.25) is 0 Å². The van der Waals surface area contributed by atoms with E-state index in [9.17, 15) is 12.8 Å². The van der Waals surface area contributed by atoms with Crippen LogP contribution >= 0.6 is 11.3 Å². The normalized spacial score (nSPS) is 14.7. The van der Waals surface area contributed by atoms with Crippen LogP contribution in [0.25, 0.3) is 0 Å². The molecular formula is C13H14FN3O2S2. The number of rotatable bonds is 3. The summed E-state index contributed by atoms with van der Waals surface area (Å²) in [4.78, 5) is 4.85. The molecule has 1 aromatic heterocycles. The summed E-state index contributed by atoms with van der Waals surface area (Å²) in [6.07, 6.45) is 3.91. The Hall–Kier alpha value is -1.67. The van der Waals surface area contributed by atoms with Gasteiger partial charge in [-0.2, -0.15) is 0 Å². The molecule has 0 amide bonds. The molecule has 21 heavy (non-hydrogen) atoms. The Bertz CT molecular complexity index is 743. The lowest BCUT2D eigenvalue weighted by atomic mass is 10.0. The summed E-state index contributed by atoms with van der Waals surface area (Å²) in [5.41, 5.74) is 6.40. The number of thiazole rings is 1. The van der Waals surface area contributed by atoms with Crippen LogP contribution in [0, 0.1) is 5.82 Å². The average Bonchev–Trinajstić information content (AvgIpc) is 2.79. The highest BCUT2D eigenvalue weighted by Gasteiger charge is 2.24. The van der Waals surface area contributed by atoms with Crippen LogP contribution in [0.4, 0.5) is 15.2 Å². The van der Waals surface area contributed by atoms with Crippen molar-refractivity contribution in [1.29, 1.82) is 0 Å². The van der Waals surface area contributed by atoms with Crippen molar-refractivity contribution < 1.29 is 12.8 Å². The molecule has 1 aliphatic rings. The number of nitrogens with zero attached hydrogens (tertiary/aromatic N) is 1. The zero-order valence-electron chi connectivity index (χ0n) is 11.1. The molecule has 3 rings (SSSR count). The molecule has 0 spiro atoms. The number of halogens is 1. The van der Waals surface area contributed by atoms with Crippen molar-refractivity contribution in [3.8, 4) is 0 Å². The van der Waals surface area contributed by atoms with E-state index in [2.05, 4.69) is 9.71 Å². The molecule has 112 valence electrons. The van der Waals surface area contributed by atoms with Crippen molar-refractivity contribution in [2.45, 2.75) is 30.6 Å². The van der Waals surface area contributed by atoms with E-state index in [1.165, 1.54) is 23.5 Å². The standard InChI is InChI=1S/C13H14FN3O2S2/c14-8-4-3-5-9(15)12(8)21(18,19)17-13-16-10-6-1-2-7-11(10)20-13/h3-5H,1-2,6-7,15H2,(H,16,17). The first-order valence-corrected chi connectivity index (χ1v) is 8.83. The number of nitrogen functional groups attached to an aromatic ring is 1. The Morgan fingerprint density at radius 1 is 1.29 bits per heavy atom. The predicted octanol–water partition coefficient (Wildman–Crippen LogP) is 2.54. The summed E-state index contributed by atoms with van der Waals surface area (Å²) < 4.78 is 40.7. The number of nitrogens with two attached hydrogens (primary N) is 1. The van der Waals surface area contributed by atoms with Crippen molar-refractivity contribution in [1.82, 2.24) is 4.98 Å². The summed E-state index contributed by atoms with van der Waals surface area (Å²) in [6, 6.07) is 3.79. The largest absolute Gasteiger partial charge is 0.398 e. The lowest BCUT2D eigenvalue weighted by Gasteiger charge is -2.08. The van der Waals surface area contributed by atoms with Crippen LogP contribution < -0.4 is 10.5 Å². The average molecular weight is 327 g/mol. The molecule has 0 fully saturated rings. The molecule has 5 nitrogen and oxygen atoms in total. The third-order valence-corrected chi connectivity index (χ3v) is 5.97. The number of sulfonamides is 1. The Morgan fingerprint density at radius 2 is 2.05 bits per heavy atom. The number of aryl methyl sites for hydroxylation is 2. The van der Waals surface area contributed by atoms with Crippen LogP contribution in [0.3, 0.4) is 0 Å². The summed E-state index contributed by atoms with van der Waals surface area (Å²) >= 11 is 1.30. The highest BCUT2D eigenvalue weighted by Crippen LogP contribution is 2.32. The van der Waals surface area contributed by atoms with Gasteiger partial charge in [0, 0.05) is 4.88 Å². The smallest absolute Gasteiger partial charge is 0.268 e. The molecule has 1 heterocycles. The van der Waals surface area contributed by atoms with Crippen LogP contribution in [0.2, 0.25) is 0 Å². The molecule has 1 aromatic carbocycles. The van der Waals surface area contributed by atoms with E-state index in [1.54, 1.807) is 0 Å². The quantitative estimate of drug-likeness (QED) is 0.848. The van der Waals surface area contributed by atoms with Gasteiger partial charge in [0.25, 0.3) is 10.0 Å². The van der Waals surface area contributed by atoms with Crippen molar-refractivity contribution in [3.63, 3.8) is 0 Å². The molecule has 0 saturated heterocycles. The first-order valence-electron chi connectivity index (χ1n) is 6.53. The van der Waals surface area contributed by atoms with E-state index in [0.717, 1.165) is 42.3 Å².